The van der Waals surface area contributed by atoms with Crippen LogP contribution in [0.4, 0.5) is 5.69 Å². The standard InChI is InChI=1S/C15H22N4/c16-15(17)12-3-5-13(6-4-12)19-10-7-14(11-19)18-8-1-2-9-18/h3-6,14H,1-2,7-11H2,(H3,16,17). The summed E-state index contributed by atoms with van der Waals surface area (Å²) in [6.07, 6.45) is 4.00. The van der Waals surface area contributed by atoms with Gasteiger partial charge in [0.25, 0.3) is 0 Å². The van der Waals surface area contributed by atoms with E-state index in [-0.39, 0.29) is 5.84 Å². The zero-order valence-electron chi connectivity index (χ0n) is 11.3. The molecule has 3 N–H and O–H groups in total. The summed E-state index contributed by atoms with van der Waals surface area (Å²) in [5.41, 5.74) is 7.55. The molecule has 0 amide bonds. The van der Waals surface area contributed by atoms with Gasteiger partial charge in [0, 0.05) is 30.4 Å². The van der Waals surface area contributed by atoms with E-state index in [9.17, 15) is 0 Å². The fraction of sp³-hybridized carbons (Fsp3) is 0.533. The number of benzene rings is 1. The van der Waals surface area contributed by atoms with E-state index in [4.69, 9.17) is 11.1 Å². The molecule has 0 radical (unpaired) electrons. The lowest BCUT2D eigenvalue weighted by atomic mass is 10.2. The molecule has 3 rings (SSSR count). The summed E-state index contributed by atoms with van der Waals surface area (Å²) in [4.78, 5) is 5.09. The molecule has 2 saturated heterocycles. The first-order valence-electron chi connectivity index (χ1n) is 7.17. The number of anilines is 1. The Morgan fingerprint density at radius 1 is 1.11 bits per heavy atom. The first kappa shape index (κ1) is 12.5. The van der Waals surface area contributed by atoms with Crippen LogP contribution in [0.3, 0.4) is 0 Å². The van der Waals surface area contributed by atoms with Crippen molar-refractivity contribution in [1.29, 1.82) is 5.41 Å². The number of likely N-dealkylation sites (tertiary alicyclic amines) is 1. The van der Waals surface area contributed by atoms with E-state index in [2.05, 4.69) is 21.9 Å². The Morgan fingerprint density at radius 3 is 2.42 bits per heavy atom. The second-order valence-electron chi connectivity index (χ2n) is 5.59. The molecule has 2 fully saturated rings. The van der Waals surface area contributed by atoms with Gasteiger partial charge in [-0.15, -0.1) is 0 Å². The minimum absolute atomic E-state index is 0.142. The van der Waals surface area contributed by atoms with Crippen molar-refractivity contribution < 1.29 is 0 Å². The van der Waals surface area contributed by atoms with Gasteiger partial charge in [0.05, 0.1) is 0 Å². The van der Waals surface area contributed by atoms with Crippen molar-refractivity contribution in [3.8, 4) is 0 Å². The maximum atomic E-state index is 7.42. The normalized spacial score (nSPS) is 24.0. The number of nitrogens with zero attached hydrogens (tertiary/aromatic N) is 2. The van der Waals surface area contributed by atoms with Crippen molar-refractivity contribution in [2.24, 2.45) is 5.73 Å². The number of hydrogen-bond acceptors (Lipinski definition) is 3. The number of nitrogens with one attached hydrogen (secondary N) is 1. The Balaban J connectivity index is 1.65. The highest BCUT2D eigenvalue weighted by atomic mass is 15.3. The van der Waals surface area contributed by atoms with Crippen LogP contribution in [0.2, 0.25) is 0 Å². The van der Waals surface area contributed by atoms with Crippen molar-refractivity contribution in [2.75, 3.05) is 31.1 Å². The number of rotatable bonds is 3. The van der Waals surface area contributed by atoms with Crippen LogP contribution in [0.1, 0.15) is 24.8 Å². The van der Waals surface area contributed by atoms with E-state index in [1.54, 1.807) is 0 Å². The molecule has 102 valence electrons. The minimum Gasteiger partial charge on any atom is -0.384 e. The largest absolute Gasteiger partial charge is 0.384 e. The predicted octanol–water partition coefficient (Wildman–Crippen LogP) is 1.65. The smallest absolute Gasteiger partial charge is 0.122 e. The Hall–Kier alpha value is -1.55. The molecular formula is C15H22N4. The topological polar surface area (TPSA) is 56.4 Å². The van der Waals surface area contributed by atoms with Gasteiger partial charge in [0.2, 0.25) is 0 Å². The third-order valence-corrected chi connectivity index (χ3v) is 4.36. The van der Waals surface area contributed by atoms with Crippen LogP contribution in [0, 0.1) is 5.41 Å². The summed E-state index contributed by atoms with van der Waals surface area (Å²) in [6.45, 7) is 4.84. The quantitative estimate of drug-likeness (QED) is 0.640. The average molecular weight is 258 g/mol. The molecule has 1 aromatic carbocycles. The molecule has 2 aliphatic heterocycles. The van der Waals surface area contributed by atoms with Gasteiger partial charge in [-0.05, 0) is 56.6 Å². The maximum Gasteiger partial charge on any atom is 0.122 e. The first-order chi connectivity index (χ1) is 9.24. The van der Waals surface area contributed by atoms with Gasteiger partial charge in [-0.1, -0.05) is 0 Å². The fourth-order valence-corrected chi connectivity index (χ4v) is 3.23. The van der Waals surface area contributed by atoms with Crippen molar-refractivity contribution in [1.82, 2.24) is 4.90 Å². The number of amidine groups is 1. The maximum absolute atomic E-state index is 7.42. The molecule has 1 atom stereocenters. The third-order valence-electron chi connectivity index (χ3n) is 4.36. The lowest BCUT2D eigenvalue weighted by Gasteiger charge is -2.24. The lowest BCUT2D eigenvalue weighted by Crippen LogP contribution is -2.35. The van der Waals surface area contributed by atoms with Crippen LogP contribution in [0.15, 0.2) is 24.3 Å². The van der Waals surface area contributed by atoms with Gasteiger partial charge >= 0.3 is 0 Å². The molecule has 4 nitrogen and oxygen atoms in total. The average Bonchev–Trinajstić information content (AvgIpc) is 3.10. The zero-order chi connectivity index (χ0) is 13.2. The Labute approximate surface area is 114 Å². The third kappa shape index (κ3) is 2.59. The zero-order valence-corrected chi connectivity index (χ0v) is 11.3. The molecule has 0 spiro atoms. The van der Waals surface area contributed by atoms with E-state index in [0.29, 0.717) is 0 Å². The predicted molar refractivity (Wildman–Crippen MR) is 78.9 cm³/mol. The molecule has 0 saturated carbocycles. The highest BCUT2D eigenvalue weighted by Crippen LogP contribution is 2.25. The van der Waals surface area contributed by atoms with Gasteiger partial charge in [-0.2, -0.15) is 0 Å². The van der Waals surface area contributed by atoms with Crippen LogP contribution in [0.5, 0.6) is 0 Å². The van der Waals surface area contributed by atoms with Crippen LogP contribution in [-0.2, 0) is 0 Å². The second kappa shape index (κ2) is 5.21. The molecule has 0 aliphatic carbocycles. The molecule has 1 unspecified atom stereocenters. The molecule has 1 aromatic rings. The van der Waals surface area contributed by atoms with Crippen LogP contribution < -0.4 is 10.6 Å². The second-order valence-corrected chi connectivity index (χ2v) is 5.59. The highest BCUT2D eigenvalue weighted by molar-refractivity contribution is 5.95. The van der Waals surface area contributed by atoms with Crippen molar-refractivity contribution in [3.63, 3.8) is 0 Å². The summed E-state index contributed by atoms with van der Waals surface area (Å²) < 4.78 is 0. The van der Waals surface area contributed by atoms with Gasteiger partial charge in [0.1, 0.15) is 5.84 Å². The number of hydrogen-bond donors (Lipinski definition) is 2. The summed E-state index contributed by atoms with van der Waals surface area (Å²) in [5, 5.41) is 7.42. The molecule has 2 heterocycles. The van der Waals surface area contributed by atoms with Gasteiger partial charge in [0.15, 0.2) is 0 Å². The van der Waals surface area contributed by atoms with Crippen LogP contribution in [-0.4, -0.2) is 43.0 Å². The fourth-order valence-electron chi connectivity index (χ4n) is 3.23. The van der Waals surface area contributed by atoms with E-state index in [0.717, 1.165) is 24.7 Å². The molecule has 2 aliphatic rings. The van der Waals surface area contributed by atoms with Crippen LogP contribution >= 0.6 is 0 Å². The Morgan fingerprint density at radius 2 is 1.79 bits per heavy atom. The summed E-state index contributed by atoms with van der Waals surface area (Å²) in [5.74, 6) is 0.142. The number of nitrogen functional groups attached to an aromatic ring is 1. The van der Waals surface area contributed by atoms with E-state index < -0.39 is 0 Å². The number of nitrogens with two attached hydrogens (primary N) is 1. The van der Waals surface area contributed by atoms with E-state index in [1.807, 2.05) is 12.1 Å². The first-order valence-corrected chi connectivity index (χ1v) is 7.17. The van der Waals surface area contributed by atoms with Crippen LogP contribution in [0.25, 0.3) is 0 Å². The highest BCUT2D eigenvalue weighted by Gasteiger charge is 2.29. The lowest BCUT2D eigenvalue weighted by molar-refractivity contribution is 0.260. The molecular weight excluding hydrogens is 236 g/mol. The monoisotopic (exact) mass is 258 g/mol. The van der Waals surface area contributed by atoms with E-state index >= 15 is 0 Å². The van der Waals surface area contributed by atoms with Crippen molar-refractivity contribution in [2.45, 2.75) is 25.3 Å². The minimum atomic E-state index is 0.142. The van der Waals surface area contributed by atoms with Gasteiger partial charge < -0.3 is 10.6 Å². The Kier molecular flexibility index (Phi) is 3.42. The van der Waals surface area contributed by atoms with Crippen molar-refractivity contribution in [3.05, 3.63) is 29.8 Å². The van der Waals surface area contributed by atoms with E-state index in [1.165, 1.54) is 38.0 Å². The van der Waals surface area contributed by atoms with Crippen molar-refractivity contribution >= 4 is 11.5 Å². The summed E-state index contributed by atoms with van der Waals surface area (Å²) in [7, 11) is 0. The Bertz CT molecular complexity index is 448. The van der Waals surface area contributed by atoms with Gasteiger partial charge in [-0.3, -0.25) is 10.3 Å². The molecule has 0 bridgehead atoms. The summed E-state index contributed by atoms with van der Waals surface area (Å²) in [6, 6.07) is 8.79. The SMILES string of the molecule is N=C(N)c1ccc(N2CCC(N3CCCC3)C2)cc1. The molecule has 19 heavy (non-hydrogen) atoms. The molecule has 0 aromatic heterocycles. The summed E-state index contributed by atoms with van der Waals surface area (Å²) >= 11 is 0. The molecule has 4 heteroatoms. The van der Waals surface area contributed by atoms with Gasteiger partial charge in [-0.25, -0.2) is 0 Å².